The number of hydrogen-bond donors (Lipinski definition) is 2. The number of aromatic nitrogens is 2. The molecule has 2 aromatic heterocycles. The van der Waals surface area contributed by atoms with Crippen LogP contribution in [-0.4, -0.2) is 65.1 Å². The summed E-state index contributed by atoms with van der Waals surface area (Å²) in [6.45, 7) is 1.17. The van der Waals surface area contributed by atoms with Gasteiger partial charge >= 0.3 is 6.18 Å². The van der Waals surface area contributed by atoms with Crippen LogP contribution in [0.4, 0.5) is 13.2 Å². The topological polar surface area (TPSA) is 61.7 Å². The van der Waals surface area contributed by atoms with Gasteiger partial charge in [-0.1, -0.05) is 0 Å². The molecule has 1 saturated heterocycles. The Morgan fingerprint density at radius 2 is 2.08 bits per heavy atom. The van der Waals surface area contributed by atoms with E-state index in [1.807, 2.05) is 0 Å². The number of amides is 1. The smallest absolute Gasteiger partial charge is 0.350 e. The number of alkyl halides is 3. The highest BCUT2D eigenvalue weighted by molar-refractivity contribution is 5.94. The Morgan fingerprint density at radius 1 is 1.33 bits per heavy atom. The van der Waals surface area contributed by atoms with Gasteiger partial charge in [-0.05, 0) is 12.1 Å². The molecule has 24 heavy (non-hydrogen) atoms. The zero-order valence-electron chi connectivity index (χ0n) is 12.9. The summed E-state index contributed by atoms with van der Waals surface area (Å²) >= 11 is 0. The molecular formula is C15H18F3N5O. The molecule has 1 fully saturated rings. The summed E-state index contributed by atoms with van der Waals surface area (Å²) in [5.41, 5.74) is 0.960. The van der Waals surface area contributed by atoms with Gasteiger partial charge in [0.05, 0.1) is 5.56 Å². The quantitative estimate of drug-likeness (QED) is 0.868. The SMILES string of the molecule is O=C(NCC(N1CCNCC1)C(F)(F)F)c1ccc2nccn2c1. The average molecular weight is 341 g/mol. The Bertz CT molecular complexity index is 708. The molecule has 0 radical (unpaired) electrons. The zero-order valence-corrected chi connectivity index (χ0v) is 12.9. The fourth-order valence-electron chi connectivity index (χ4n) is 2.79. The van der Waals surface area contributed by atoms with Crippen molar-refractivity contribution in [1.82, 2.24) is 24.9 Å². The van der Waals surface area contributed by atoms with Gasteiger partial charge in [0.1, 0.15) is 11.7 Å². The van der Waals surface area contributed by atoms with Crippen LogP contribution < -0.4 is 10.6 Å². The van der Waals surface area contributed by atoms with Crippen molar-refractivity contribution in [2.75, 3.05) is 32.7 Å². The molecule has 130 valence electrons. The fraction of sp³-hybridized carbons (Fsp3) is 0.467. The van der Waals surface area contributed by atoms with Gasteiger partial charge in [-0.3, -0.25) is 9.69 Å². The normalized spacial score (nSPS) is 17.8. The molecule has 1 unspecified atom stereocenters. The molecule has 0 aliphatic carbocycles. The molecule has 0 spiro atoms. The van der Waals surface area contributed by atoms with Crippen molar-refractivity contribution >= 4 is 11.6 Å². The first-order valence-corrected chi connectivity index (χ1v) is 7.67. The second-order valence-electron chi connectivity index (χ2n) is 5.66. The van der Waals surface area contributed by atoms with Crippen LogP contribution in [0.3, 0.4) is 0 Å². The summed E-state index contributed by atoms with van der Waals surface area (Å²) in [7, 11) is 0. The van der Waals surface area contributed by atoms with Gasteiger partial charge in [0.2, 0.25) is 0 Å². The molecule has 2 aromatic rings. The van der Waals surface area contributed by atoms with Gasteiger partial charge in [0, 0.05) is 51.3 Å². The monoisotopic (exact) mass is 341 g/mol. The second-order valence-corrected chi connectivity index (χ2v) is 5.66. The molecule has 0 bridgehead atoms. The second kappa shape index (κ2) is 6.78. The molecule has 1 aliphatic heterocycles. The van der Waals surface area contributed by atoms with Crippen molar-refractivity contribution in [3.63, 3.8) is 0 Å². The number of rotatable bonds is 4. The van der Waals surface area contributed by atoms with E-state index in [1.54, 1.807) is 35.1 Å². The van der Waals surface area contributed by atoms with Crippen LogP contribution in [0.15, 0.2) is 30.7 Å². The van der Waals surface area contributed by atoms with E-state index < -0.39 is 24.7 Å². The minimum absolute atomic E-state index is 0.293. The van der Waals surface area contributed by atoms with Crippen molar-refractivity contribution in [3.05, 3.63) is 36.3 Å². The molecule has 1 atom stereocenters. The Labute approximate surface area is 136 Å². The fourth-order valence-corrected chi connectivity index (χ4v) is 2.79. The van der Waals surface area contributed by atoms with E-state index in [0.717, 1.165) is 0 Å². The predicted octanol–water partition coefficient (Wildman–Crippen LogP) is 0.900. The van der Waals surface area contributed by atoms with Crippen LogP contribution in [0.5, 0.6) is 0 Å². The van der Waals surface area contributed by atoms with Crippen LogP contribution in [-0.2, 0) is 0 Å². The molecule has 0 aromatic carbocycles. The number of imidazole rings is 1. The first-order chi connectivity index (χ1) is 11.4. The summed E-state index contributed by atoms with van der Waals surface area (Å²) in [5, 5.41) is 5.43. The van der Waals surface area contributed by atoms with Gasteiger partial charge < -0.3 is 15.0 Å². The van der Waals surface area contributed by atoms with Crippen LogP contribution in [0.25, 0.3) is 5.65 Å². The van der Waals surface area contributed by atoms with Crippen LogP contribution in [0.2, 0.25) is 0 Å². The molecule has 1 aliphatic rings. The van der Waals surface area contributed by atoms with E-state index in [0.29, 0.717) is 37.4 Å². The molecule has 3 rings (SSSR count). The third-order valence-corrected chi connectivity index (χ3v) is 4.08. The van der Waals surface area contributed by atoms with E-state index in [4.69, 9.17) is 0 Å². The lowest BCUT2D eigenvalue weighted by molar-refractivity contribution is -0.183. The van der Waals surface area contributed by atoms with Gasteiger partial charge in [-0.15, -0.1) is 0 Å². The van der Waals surface area contributed by atoms with Gasteiger partial charge in [-0.2, -0.15) is 13.2 Å². The summed E-state index contributed by atoms with van der Waals surface area (Å²) in [6.07, 6.45) is 0.413. The molecule has 1 amide bonds. The molecular weight excluding hydrogens is 323 g/mol. The van der Waals surface area contributed by atoms with Crippen molar-refractivity contribution in [3.8, 4) is 0 Å². The van der Waals surface area contributed by atoms with Crippen LogP contribution >= 0.6 is 0 Å². The number of nitrogens with one attached hydrogen (secondary N) is 2. The maximum Gasteiger partial charge on any atom is 0.405 e. The number of fused-ring (bicyclic) bond motifs is 1. The Balaban J connectivity index is 1.67. The highest BCUT2D eigenvalue weighted by atomic mass is 19.4. The summed E-state index contributed by atoms with van der Waals surface area (Å²) in [6, 6.07) is 1.51. The zero-order chi connectivity index (χ0) is 17.2. The predicted molar refractivity (Wildman–Crippen MR) is 81.8 cm³/mol. The third-order valence-electron chi connectivity index (χ3n) is 4.08. The highest BCUT2D eigenvalue weighted by Gasteiger charge is 2.43. The number of piperazine rings is 1. The average Bonchev–Trinajstić information content (AvgIpc) is 3.02. The number of hydrogen-bond acceptors (Lipinski definition) is 4. The summed E-state index contributed by atoms with van der Waals surface area (Å²) in [4.78, 5) is 17.6. The van der Waals surface area contributed by atoms with E-state index in [2.05, 4.69) is 15.6 Å². The van der Waals surface area contributed by atoms with E-state index in [9.17, 15) is 18.0 Å². The largest absolute Gasteiger partial charge is 0.405 e. The highest BCUT2D eigenvalue weighted by Crippen LogP contribution is 2.24. The minimum Gasteiger partial charge on any atom is -0.350 e. The van der Waals surface area contributed by atoms with E-state index in [1.165, 1.54) is 4.90 Å². The molecule has 9 heteroatoms. The number of carbonyl (C=O) groups excluding carboxylic acids is 1. The maximum atomic E-state index is 13.3. The molecule has 0 saturated carbocycles. The number of nitrogens with zero attached hydrogens (tertiary/aromatic N) is 3. The Morgan fingerprint density at radius 3 is 2.79 bits per heavy atom. The number of pyridine rings is 1. The van der Waals surface area contributed by atoms with Gasteiger partial charge in [0.15, 0.2) is 0 Å². The van der Waals surface area contributed by atoms with Crippen molar-refractivity contribution in [1.29, 1.82) is 0 Å². The lowest BCUT2D eigenvalue weighted by Gasteiger charge is -2.35. The molecule has 2 N–H and O–H groups in total. The first-order valence-electron chi connectivity index (χ1n) is 7.67. The lowest BCUT2D eigenvalue weighted by Crippen LogP contribution is -2.57. The van der Waals surface area contributed by atoms with Crippen LogP contribution in [0, 0.1) is 0 Å². The summed E-state index contributed by atoms with van der Waals surface area (Å²) in [5.74, 6) is -0.532. The molecule has 3 heterocycles. The van der Waals surface area contributed by atoms with Gasteiger partial charge in [-0.25, -0.2) is 4.98 Å². The lowest BCUT2D eigenvalue weighted by atomic mass is 10.2. The number of carbonyl (C=O) groups is 1. The molecule has 6 nitrogen and oxygen atoms in total. The van der Waals surface area contributed by atoms with E-state index in [-0.39, 0.29) is 0 Å². The summed E-state index contributed by atoms with van der Waals surface area (Å²) < 4.78 is 41.5. The van der Waals surface area contributed by atoms with Crippen LogP contribution in [0.1, 0.15) is 10.4 Å². The van der Waals surface area contributed by atoms with Gasteiger partial charge in [0.25, 0.3) is 5.91 Å². The number of halogens is 3. The Hall–Kier alpha value is -2.13. The van der Waals surface area contributed by atoms with Crippen molar-refractivity contribution in [2.45, 2.75) is 12.2 Å². The maximum absolute atomic E-state index is 13.3. The van der Waals surface area contributed by atoms with Crippen molar-refractivity contribution in [2.24, 2.45) is 0 Å². The minimum atomic E-state index is -4.39. The third kappa shape index (κ3) is 3.68. The van der Waals surface area contributed by atoms with E-state index >= 15 is 0 Å². The first kappa shape index (κ1) is 16.7. The van der Waals surface area contributed by atoms with Crippen molar-refractivity contribution < 1.29 is 18.0 Å². The Kier molecular flexibility index (Phi) is 4.72. The standard InChI is InChI=1S/C15H18F3N5O/c16-15(17,18)12(22-6-3-19-4-7-22)9-21-14(24)11-1-2-13-20-5-8-23(13)10-11/h1-2,5,8,10,12,19H,3-4,6-7,9H2,(H,21,24).